The van der Waals surface area contributed by atoms with Crippen LogP contribution in [0.2, 0.25) is 0 Å². The van der Waals surface area contributed by atoms with Crippen molar-refractivity contribution in [3.8, 4) is 5.75 Å². The van der Waals surface area contributed by atoms with Crippen molar-refractivity contribution in [1.29, 1.82) is 0 Å². The fourth-order valence-electron chi connectivity index (χ4n) is 2.47. The lowest BCUT2D eigenvalue weighted by atomic mass is 10.2. The van der Waals surface area contributed by atoms with E-state index in [-0.39, 0.29) is 6.61 Å². The van der Waals surface area contributed by atoms with Crippen molar-refractivity contribution < 1.29 is 14.3 Å². The molecule has 2 aromatic carbocycles. The molecule has 138 valence electrons. The maximum absolute atomic E-state index is 11.8. The number of hydrogen-bond donors (Lipinski definition) is 0. The Kier molecular flexibility index (Phi) is 6.41. The van der Waals surface area contributed by atoms with Gasteiger partial charge in [0.25, 0.3) is 0 Å². The molecule has 0 aliphatic rings. The first-order valence-electron chi connectivity index (χ1n) is 8.80. The number of aromatic nitrogens is 2. The molecule has 0 atom stereocenters. The third-order valence-corrected chi connectivity index (χ3v) is 3.87. The standard InChI is InChI=1S/C22H22N2O3/c1-18-7-10-21(11-8-18)26-13-14-27-22(25)12-9-20-15-23-24(17-20)16-19-5-3-2-4-6-19/h2-12,15,17H,13-14,16H2,1H3/b12-9+. The Labute approximate surface area is 158 Å². The number of nitrogens with zero attached hydrogens (tertiary/aromatic N) is 2. The second-order valence-corrected chi connectivity index (χ2v) is 6.12. The highest BCUT2D eigenvalue weighted by molar-refractivity contribution is 5.86. The average molecular weight is 362 g/mol. The van der Waals surface area contributed by atoms with Crippen molar-refractivity contribution in [2.24, 2.45) is 0 Å². The summed E-state index contributed by atoms with van der Waals surface area (Å²) < 4.78 is 12.5. The minimum Gasteiger partial charge on any atom is -0.490 e. The first kappa shape index (κ1) is 18.5. The van der Waals surface area contributed by atoms with E-state index in [4.69, 9.17) is 9.47 Å². The van der Waals surface area contributed by atoms with E-state index in [1.807, 2.05) is 72.4 Å². The quantitative estimate of drug-likeness (QED) is 0.347. The van der Waals surface area contributed by atoms with Crippen LogP contribution in [0, 0.1) is 6.92 Å². The molecule has 0 aliphatic heterocycles. The molecule has 0 radical (unpaired) electrons. The number of aryl methyl sites for hydroxylation is 1. The molecule has 0 saturated heterocycles. The summed E-state index contributed by atoms with van der Waals surface area (Å²) in [6.45, 7) is 3.22. The molecular formula is C22H22N2O3. The van der Waals surface area contributed by atoms with Gasteiger partial charge in [-0.25, -0.2) is 4.79 Å². The van der Waals surface area contributed by atoms with Gasteiger partial charge in [0, 0.05) is 17.8 Å². The third-order valence-electron chi connectivity index (χ3n) is 3.87. The summed E-state index contributed by atoms with van der Waals surface area (Å²) in [6.07, 6.45) is 6.69. The van der Waals surface area contributed by atoms with Crippen molar-refractivity contribution in [1.82, 2.24) is 9.78 Å². The van der Waals surface area contributed by atoms with Gasteiger partial charge in [0.05, 0.1) is 12.7 Å². The van der Waals surface area contributed by atoms with Crippen molar-refractivity contribution in [2.75, 3.05) is 13.2 Å². The van der Waals surface area contributed by atoms with E-state index in [9.17, 15) is 4.79 Å². The zero-order valence-electron chi connectivity index (χ0n) is 15.2. The molecule has 0 amide bonds. The number of esters is 1. The predicted octanol–water partition coefficient (Wildman–Crippen LogP) is 3.88. The molecule has 0 fully saturated rings. The van der Waals surface area contributed by atoms with Crippen LogP contribution in [0.25, 0.3) is 6.08 Å². The van der Waals surface area contributed by atoms with Crippen LogP contribution in [0.1, 0.15) is 16.7 Å². The van der Waals surface area contributed by atoms with Crippen LogP contribution in [0.5, 0.6) is 5.75 Å². The van der Waals surface area contributed by atoms with Crippen molar-refractivity contribution >= 4 is 12.0 Å². The summed E-state index contributed by atoms with van der Waals surface area (Å²) in [5, 5.41) is 4.30. The summed E-state index contributed by atoms with van der Waals surface area (Å²) in [5.74, 6) is 0.358. The van der Waals surface area contributed by atoms with Gasteiger partial charge in [-0.15, -0.1) is 0 Å². The molecule has 27 heavy (non-hydrogen) atoms. The zero-order chi connectivity index (χ0) is 18.9. The molecule has 0 spiro atoms. The summed E-state index contributed by atoms with van der Waals surface area (Å²) in [7, 11) is 0. The van der Waals surface area contributed by atoms with E-state index in [1.54, 1.807) is 12.3 Å². The van der Waals surface area contributed by atoms with E-state index in [1.165, 1.54) is 17.2 Å². The van der Waals surface area contributed by atoms with Gasteiger partial charge in [-0.3, -0.25) is 4.68 Å². The highest BCUT2D eigenvalue weighted by atomic mass is 16.6. The Balaban J connectivity index is 1.40. The molecule has 0 saturated carbocycles. The summed E-state index contributed by atoms with van der Waals surface area (Å²) in [6, 6.07) is 17.8. The van der Waals surface area contributed by atoms with Crippen molar-refractivity contribution in [3.05, 3.63) is 89.8 Å². The molecule has 0 aliphatic carbocycles. The van der Waals surface area contributed by atoms with Crippen LogP contribution in [0.15, 0.2) is 73.1 Å². The monoisotopic (exact) mass is 362 g/mol. The maximum atomic E-state index is 11.8. The molecule has 5 nitrogen and oxygen atoms in total. The minimum atomic E-state index is -0.404. The number of carbonyl (C=O) groups is 1. The Hall–Kier alpha value is -3.34. The van der Waals surface area contributed by atoms with Crippen LogP contribution >= 0.6 is 0 Å². The topological polar surface area (TPSA) is 53.4 Å². The normalized spacial score (nSPS) is 10.9. The smallest absolute Gasteiger partial charge is 0.330 e. The van der Waals surface area contributed by atoms with Crippen molar-refractivity contribution in [2.45, 2.75) is 13.5 Å². The highest BCUT2D eigenvalue weighted by Crippen LogP contribution is 2.11. The first-order chi connectivity index (χ1) is 13.2. The lowest BCUT2D eigenvalue weighted by molar-refractivity contribution is -0.138. The Bertz CT molecular complexity index is 883. The minimum absolute atomic E-state index is 0.199. The molecule has 3 rings (SSSR count). The Morgan fingerprint density at radius 1 is 1.07 bits per heavy atom. The molecule has 0 unspecified atom stereocenters. The summed E-state index contributed by atoms with van der Waals surface area (Å²) >= 11 is 0. The van der Waals surface area contributed by atoms with Gasteiger partial charge in [0.15, 0.2) is 0 Å². The van der Waals surface area contributed by atoms with E-state index >= 15 is 0 Å². The van der Waals surface area contributed by atoms with E-state index in [2.05, 4.69) is 5.10 Å². The summed E-state index contributed by atoms with van der Waals surface area (Å²) in [4.78, 5) is 11.8. The molecule has 1 aromatic heterocycles. The Morgan fingerprint density at radius 2 is 1.85 bits per heavy atom. The number of benzene rings is 2. The van der Waals surface area contributed by atoms with Gasteiger partial charge in [0.2, 0.25) is 0 Å². The largest absolute Gasteiger partial charge is 0.490 e. The number of ether oxygens (including phenoxy) is 2. The van der Waals surface area contributed by atoms with E-state index < -0.39 is 5.97 Å². The lowest BCUT2D eigenvalue weighted by Crippen LogP contribution is -2.10. The predicted molar refractivity (Wildman–Crippen MR) is 104 cm³/mol. The van der Waals surface area contributed by atoms with Gasteiger partial charge in [-0.1, -0.05) is 48.0 Å². The fraction of sp³-hybridized carbons (Fsp3) is 0.182. The number of carbonyl (C=O) groups excluding carboxylic acids is 1. The van der Waals surface area contributed by atoms with Crippen LogP contribution in [-0.2, 0) is 16.1 Å². The molecule has 0 N–H and O–H groups in total. The van der Waals surface area contributed by atoms with Crippen LogP contribution in [0.4, 0.5) is 0 Å². The second kappa shape index (κ2) is 9.38. The number of hydrogen-bond acceptors (Lipinski definition) is 4. The van der Waals surface area contributed by atoms with Crippen LogP contribution in [-0.4, -0.2) is 29.0 Å². The van der Waals surface area contributed by atoms with E-state index in [0.29, 0.717) is 13.2 Å². The molecule has 1 heterocycles. The molecule has 0 bridgehead atoms. The molecule has 5 heteroatoms. The van der Waals surface area contributed by atoms with Crippen LogP contribution < -0.4 is 4.74 Å². The van der Waals surface area contributed by atoms with E-state index in [0.717, 1.165) is 11.3 Å². The maximum Gasteiger partial charge on any atom is 0.330 e. The van der Waals surface area contributed by atoms with Gasteiger partial charge in [-0.05, 0) is 30.7 Å². The Morgan fingerprint density at radius 3 is 2.63 bits per heavy atom. The van der Waals surface area contributed by atoms with Crippen LogP contribution in [0.3, 0.4) is 0 Å². The highest BCUT2D eigenvalue weighted by Gasteiger charge is 2.01. The van der Waals surface area contributed by atoms with Gasteiger partial charge < -0.3 is 9.47 Å². The second-order valence-electron chi connectivity index (χ2n) is 6.12. The average Bonchev–Trinajstić information content (AvgIpc) is 3.13. The third kappa shape index (κ3) is 6.15. The fourth-order valence-corrected chi connectivity index (χ4v) is 2.47. The summed E-state index contributed by atoms with van der Waals surface area (Å²) in [5.41, 5.74) is 3.19. The zero-order valence-corrected chi connectivity index (χ0v) is 15.2. The van der Waals surface area contributed by atoms with Gasteiger partial charge in [0.1, 0.15) is 19.0 Å². The van der Waals surface area contributed by atoms with Gasteiger partial charge >= 0.3 is 5.97 Å². The number of rotatable bonds is 8. The SMILES string of the molecule is Cc1ccc(OCCOC(=O)/C=C/c2cnn(Cc3ccccc3)c2)cc1. The lowest BCUT2D eigenvalue weighted by Gasteiger charge is -2.06. The van der Waals surface area contributed by atoms with Gasteiger partial charge in [-0.2, -0.15) is 5.10 Å². The van der Waals surface area contributed by atoms with Crippen molar-refractivity contribution in [3.63, 3.8) is 0 Å². The molecular weight excluding hydrogens is 340 g/mol. The first-order valence-corrected chi connectivity index (χ1v) is 8.80. The molecule has 3 aromatic rings.